The van der Waals surface area contributed by atoms with Crippen molar-refractivity contribution in [2.24, 2.45) is 0 Å². The maximum Gasteiger partial charge on any atom is 0.229 e. The summed E-state index contributed by atoms with van der Waals surface area (Å²) in [4.78, 5) is 19.5. The fourth-order valence-corrected chi connectivity index (χ4v) is 2.59. The summed E-state index contributed by atoms with van der Waals surface area (Å²) in [5.41, 5.74) is 1.60. The van der Waals surface area contributed by atoms with E-state index in [0.717, 1.165) is 5.56 Å². The molecule has 3 N–H and O–H groups in total. The normalized spacial score (nSPS) is 10.2. The second-order valence-corrected chi connectivity index (χ2v) is 6.53. The summed E-state index contributed by atoms with van der Waals surface area (Å²) in [6.07, 6.45) is 4.81. The van der Waals surface area contributed by atoms with Crippen molar-refractivity contribution < 1.29 is 9.53 Å². The highest BCUT2D eigenvalue weighted by molar-refractivity contribution is 6.32. The van der Waals surface area contributed by atoms with Crippen LogP contribution in [0.4, 0.5) is 17.5 Å². The van der Waals surface area contributed by atoms with Gasteiger partial charge in [0.05, 0.1) is 24.3 Å². The average molecular weight is 427 g/mol. The largest absolute Gasteiger partial charge is 0.479 e. The van der Waals surface area contributed by atoms with E-state index in [4.69, 9.17) is 21.6 Å². The van der Waals surface area contributed by atoms with Gasteiger partial charge < -0.3 is 20.7 Å². The van der Waals surface area contributed by atoms with Crippen LogP contribution in [0, 0.1) is 11.3 Å². The van der Waals surface area contributed by atoms with E-state index in [2.05, 4.69) is 31.0 Å². The van der Waals surface area contributed by atoms with Gasteiger partial charge in [0, 0.05) is 13.5 Å². The molecular formula is C19H19ClN8O2. The number of ether oxygens (including phenoxy) is 1. The summed E-state index contributed by atoms with van der Waals surface area (Å²) in [7, 11) is 0. The monoisotopic (exact) mass is 426 g/mol. The van der Waals surface area contributed by atoms with Crippen LogP contribution in [-0.4, -0.2) is 32.3 Å². The van der Waals surface area contributed by atoms with Gasteiger partial charge in [0.2, 0.25) is 11.9 Å². The Morgan fingerprint density at radius 2 is 2.23 bits per heavy atom. The number of carbonyl (C=O) groups excluding carboxylic acids is 1. The minimum absolute atomic E-state index is 0.00888. The Balaban J connectivity index is 1.63. The van der Waals surface area contributed by atoms with Gasteiger partial charge in [-0.25, -0.2) is 4.98 Å². The second-order valence-electron chi connectivity index (χ2n) is 6.12. The molecule has 0 bridgehead atoms. The summed E-state index contributed by atoms with van der Waals surface area (Å²) in [5.74, 6) is 1.28. The molecule has 0 spiro atoms. The number of amides is 1. The standard InChI is InChI=1S/C19H19ClN8O2/c1-13(29)24-12-28-11-15(9-25-28)26-19-23-10-17(20)18(27-19)22-8-14-3-2-4-16(7-14)30-6-5-21/h2-4,7,9-11H,6,8,12H2,1H3,(H,24,29)(H2,22,23,26,27). The van der Waals surface area contributed by atoms with Crippen LogP contribution in [-0.2, 0) is 18.0 Å². The van der Waals surface area contributed by atoms with Crippen molar-refractivity contribution in [3.63, 3.8) is 0 Å². The van der Waals surface area contributed by atoms with Gasteiger partial charge in [-0.3, -0.25) is 9.48 Å². The number of hydrogen-bond acceptors (Lipinski definition) is 8. The Bertz CT molecular complexity index is 1060. The molecule has 0 saturated heterocycles. The minimum Gasteiger partial charge on any atom is -0.479 e. The first-order chi connectivity index (χ1) is 14.5. The van der Waals surface area contributed by atoms with Crippen molar-refractivity contribution in [2.75, 3.05) is 17.2 Å². The van der Waals surface area contributed by atoms with E-state index >= 15 is 0 Å². The van der Waals surface area contributed by atoms with Crippen LogP contribution in [0.2, 0.25) is 5.02 Å². The predicted octanol–water partition coefficient (Wildman–Crippen LogP) is 2.68. The van der Waals surface area contributed by atoms with Gasteiger partial charge in [-0.2, -0.15) is 15.3 Å². The molecule has 0 atom stereocenters. The molecule has 1 aromatic carbocycles. The third-order valence-electron chi connectivity index (χ3n) is 3.79. The lowest BCUT2D eigenvalue weighted by Crippen LogP contribution is -2.23. The zero-order valence-electron chi connectivity index (χ0n) is 16.1. The van der Waals surface area contributed by atoms with Crippen molar-refractivity contribution >= 4 is 35.0 Å². The maximum absolute atomic E-state index is 11.0. The lowest BCUT2D eigenvalue weighted by Gasteiger charge is -2.10. The van der Waals surface area contributed by atoms with E-state index < -0.39 is 0 Å². The molecule has 1 amide bonds. The van der Waals surface area contributed by atoms with Crippen molar-refractivity contribution in [2.45, 2.75) is 20.1 Å². The molecule has 11 heteroatoms. The van der Waals surface area contributed by atoms with Gasteiger partial charge in [0.15, 0.2) is 12.4 Å². The molecule has 2 heterocycles. The third-order valence-corrected chi connectivity index (χ3v) is 4.06. The van der Waals surface area contributed by atoms with Gasteiger partial charge in [0.25, 0.3) is 0 Å². The quantitative estimate of drug-likeness (QED) is 0.476. The van der Waals surface area contributed by atoms with Crippen LogP contribution >= 0.6 is 11.6 Å². The van der Waals surface area contributed by atoms with E-state index in [1.165, 1.54) is 13.1 Å². The first-order valence-electron chi connectivity index (χ1n) is 8.92. The Morgan fingerprint density at radius 3 is 3.03 bits per heavy atom. The maximum atomic E-state index is 11.0. The Labute approximate surface area is 177 Å². The summed E-state index contributed by atoms with van der Waals surface area (Å²) in [6.45, 7) is 2.15. The number of halogens is 1. The number of carbonyl (C=O) groups is 1. The van der Waals surface area contributed by atoms with Crippen LogP contribution in [0.5, 0.6) is 5.75 Å². The minimum atomic E-state index is -0.140. The number of benzene rings is 1. The van der Waals surface area contributed by atoms with Crippen molar-refractivity contribution in [1.29, 1.82) is 5.26 Å². The lowest BCUT2D eigenvalue weighted by atomic mass is 10.2. The lowest BCUT2D eigenvalue weighted by molar-refractivity contribution is -0.119. The molecule has 0 aliphatic rings. The van der Waals surface area contributed by atoms with Crippen LogP contribution in [0.1, 0.15) is 12.5 Å². The highest BCUT2D eigenvalue weighted by Crippen LogP contribution is 2.22. The molecule has 10 nitrogen and oxygen atoms in total. The van der Waals surface area contributed by atoms with Crippen molar-refractivity contribution in [3.8, 4) is 11.8 Å². The number of rotatable bonds is 9. The molecule has 30 heavy (non-hydrogen) atoms. The van der Waals surface area contributed by atoms with Crippen LogP contribution in [0.3, 0.4) is 0 Å². The highest BCUT2D eigenvalue weighted by atomic mass is 35.5. The fraction of sp³-hybridized carbons (Fsp3) is 0.211. The van der Waals surface area contributed by atoms with Gasteiger partial charge in [-0.05, 0) is 17.7 Å². The third kappa shape index (κ3) is 6.08. The molecule has 0 unspecified atom stereocenters. The number of anilines is 3. The van der Waals surface area contributed by atoms with Crippen molar-refractivity contribution in [1.82, 2.24) is 25.1 Å². The predicted molar refractivity (Wildman–Crippen MR) is 111 cm³/mol. The van der Waals surface area contributed by atoms with E-state index in [0.29, 0.717) is 34.8 Å². The smallest absolute Gasteiger partial charge is 0.229 e. The first-order valence-corrected chi connectivity index (χ1v) is 9.30. The van der Waals surface area contributed by atoms with E-state index in [1.807, 2.05) is 24.3 Å². The van der Waals surface area contributed by atoms with Crippen LogP contribution < -0.4 is 20.7 Å². The molecule has 0 saturated carbocycles. The van der Waals surface area contributed by atoms with E-state index in [9.17, 15) is 4.79 Å². The average Bonchev–Trinajstić information content (AvgIpc) is 3.19. The summed E-state index contributed by atoms with van der Waals surface area (Å²) < 4.78 is 6.88. The molecule has 0 aliphatic carbocycles. The van der Waals surface area contributed by atoms with Gasteiger partial charge in [-0.1, -0.05) is 23.7 Å². The first kappa shape index (κ1) is 20.9. The van der Waals surface area contributed by atoms with Crippen molar-refractivity contribution in [3.05, 3.63) is 53.4 Å². The Morgan fingerprint density at radius 1 is 1.37 bits per heavy atom. The van der Waals surface area contributed by atoms with Gasteiger partial charge >= 0.3 is 0 Å². The molecular weight excluding hydrogens is 408 g/mol. The molecule has 3 aromatic rings. The number of nitrogens with zero attached hydrogens (tertiary/aromatic N) is 5. The van der Waals surface area contributed by atoms with Crippen LogP contribution in [0.15, 0.2) is 42.9 Å². The summed E-state index contributed by atoms with van der Waals surface area (Å²) >= 11 is 6.21. The molecule has 0 radical (unpaired) electrons. The second kappa shape index (κ2) is 10.1. The Hall–Kier alpha value is -3.84. The molecule has 2 aromatic heterocycles. The molecule has 0 aliphatic heterocycles. The van der Waals surface area contributed by atoms with Gasteiger partial charge in [0.1, 0.15) is 23.5 Å². The van der Waals surface area contributed by atoms with Gasteiger partial charge in [-0.15, -0.1) is 0 Å². The number of nitrogens with one attached hydrogen (secondary N) is 3. The summed E-state index contributed by atoms with van der Waals surface area (Å²) in [6, 6.07) is 9.32. The molecule has 3 rings (SSSR count). The SMILES string of the molecule is CC(=O)NCn1cc(Nc2ncc(Cl)c(NCc3cccc(OCC#N)c3)n2)cn1. The molecule has 0 fully saturated rings. The molecule has 154 valence electrons. The Kier molecular flexibility index (Phi) is 7.02. The number of nitriles is 1. The van der Waals surface area contributed by atoms with Crippen LogP contribution in [0.25, 0.3) is 0 Å². The van der Waals surface area contributed by atoms with E-state index in [-0.39, 0.29) is 19.2 Å². The topological polar surface area (TPSA) is 130 Å². The number of aromatic nitrogens is 4. The number of hydrogen-bond donors (Lipinski definition) is 3. The summed E-state index contributed by atoms with van der Waals surface area (Å²) in [5, 5.41) is 22.0. The zero-order chi connectivity index (χ0) is 21.3. The fourth-order valence-electron chi connectivity index (χ4n) is 2.43. The zero-order valence-corrected chi connectivity index (χ0v) is 16.8. The highest BCUT2D eigenvalue weighted by Gasteiger charge is 2.08. The van der Waals surface area contributed by atoms with E-state index in [1.54, 1.807) is 23.1 Å².